The summed E-state index contributed by atoms with van der Waals surface area (Å²) in [4.78, 5) is 42.3. The molecule has 0 spiro atoms. The van der Waals surface area contributed by atoms with Gasteiger partial charge in [-0.1, -0.05) is 25.1 Å². The van der Waals surface area contributed by atoms with Crippen molar-refractivity contribution in [2.24, 2.45) is 0 Å². The predicted octanol–water partition coefficient (Wildman–Crippen LogP) is 2.41. The van der Waals surface area contributed by atoms with Crippen LogP contribution in [0, 0.1) is 0 Å². The quantitative estimate of drug-likeness (QED) is 0.616. The Morgan fingerprint density at radius 1 is 0.906 bits per heavy atom. The fourth-order valence-corrected chi connectivity index (χ4v) is 3.94. The lowest BCUT2D eigenvalue weighted by Gasteiger charge is -2.34. The summed E-state index contributed by atoms with van der Waals surface area (Å²) >= 11 is 0. The first kappa shape index (κ1) is 21.5. The van der Waals surface area contributed by atoms with Gasteiger partial charge in [0.2, 0.25) is 0 Å². The number of carbonyl (C=O) groups is 2. The highest BCUT2D eigenvalue weighted by Crippen LogP contribution is 2.18. The second-order valence-corrected chi connectivity index (χ2v) is 7.74. The number of aryl methyl sites for hydroxylation is 1. The molecule has 4 rings (SSSR count). The van der Waals surface area contributed by atoms with E-state index in [1.165, 1.54) is 4.68 Å². The molecule has 0 bridgehead atoms. The SMILES string of the molecule is CCCn1nc(C(=O)N2CCN(C(=O)c3ccc(OC)cc3)CC2)c2ccccc2c1=O. The summed E-state index contributed by atoms with van der Waals surface area (Å²) in [7, 11) is 1.58. The second-order valence-electron chi connectivity index (χ2n) is 7.74. The van der Waals surface area contributed by atoms with E-state index in [1.807, 2.05) is 6.92 Å². The number of ether oxygens (including phenoxy) is 1. The molecule has 0 unspecified atom stereocenters. The lowest BCUT2D eigenvalue weighted by atomic mass is 10.1. The molecular formula is C24H26N4O4. The minimum absolute atomic E-state index is 0.0696. The van der Waals surface area contributed by atoms with Crippen molar-refractivity contribution in [2.75, 3.05) is 33.3 Å². The molecule has 1 aromatic heterocycles. The Kier molecular flexibility index (Phi) is 6.20. The molecule has 1 saturated heterocycles. The summed E-state index contributed by atoms with van der Waals surface area (Å²) in [5, 5.41) is 5.46. The van der Waals surface area contributed by atoms with Crippen LogP contribution >= 0.6 is 0 Å². The Balaban J connectivity index is 1.52. The number of carbonyl (C=O) groups excluding carboxylic acids is 2. The van der Waals surface area contributed by atoms with Gasteiger partial charge in [0.25, 0.3) is 17.4 Å². The molecule has 8 nitrogen and oxygen atoms in total. The number of methoxy groups -OCH3 is 1. The van der Waals surface area contributed by atoms with Crippen LogP contribution in [-0.4, -0.2) is 64.7 Å². The van der Waals surface area contributed by atoms with Gasteiger partial charge in [0.05, 0.1) is 12.5 Å². The number of hydrogen-bond acceptors (Lipinski definition) is 5. The average Bonchev–Trinajstić information content (AvgIpc) is 2.85. The van der Waals surface area contributed by atoms with Crippen LogP contribution in [0.2, 0.25) is 0 Å². The molecular weight excluding hydrogens is 408 g/mol. The molecule has 2 heterocycles. The summed E-state index contributed by atoms with van der Waals surface area (Å²) < 4.78 is 6.52. The fourth-order valence-electron chi connectivity index (χ4n) is 3.94. The van der Waals surface area contributed by atoms with Crippen molar-refractivity contribution in [3.63, 3.8) is 0 Å². The Morgan fingerprint density at radius 3 is 2.09 bits per heavy atom. The van der Waals surface area contributed by atoms with E-state index in [2.05, 4.69) is 5.10 Å². The molecule has 2 amide bonds. The maximum absolute atomic E-state index is 13.3. The van der Waals surface area contributed by atoms with Crippen molar-refractivity contribution in [1.29, 1.82) is 0 Å². The molecule has 0 atom stereocenters. The fraction of sp³-hybridized carbons (Fsp3) is 0.333. The third-order valence-electron chi connectivity index (χ3n) is 5.70. The van der Waals surface area contributed by atoms with Crippen LogP contribution in [-0.2, 0) is 6.54 Å². The van der Waals surface area contributed by atoms with Gasteiger partial charge >= 0.3 is 0 Å². The lowest BCUT2D eigenvalue weighted by molar-refractivity contribution is 0.0532. The first-order chi connectivity index (χ1) is 15.5. The zero-order valence-electron chi connectivity index (χ0n) is 18.3. The first-order valence-corrected chi connectivity index (χ1v) is 10.8. The molecule has 0 saturated carbocycles. The van der Waals surface area contributed by atoms with E-state index in [9.17, 15) is 14.4 Å². The van der Waals surface area contributed by atoms with Gasteiger partial charge in [-0.05, 0) is 36.8 Å². The van der Waals surface area contributed by atoms with Crippen molar-refractivity contribution in [3.05, 3.63) is 70.1 Å². The second kappa shape index (κ2) is 9.21. The molecule has 1 aliphatic rings. The number of nitrogens with zero attached hydrogens (tertiary/aromatic N) is 4. The van der Waals surface area contributed by atoms with Gasteiger partial charge in [-0.25, -0.2) is 4.68 Å². The number of hydrogen-bond donors (Lipinski definition) is 0. The Hall–Kier alpha value is -3.68. The highest BCUT2D eigenvalue weighted by atomic mass is 16.5. The van der Waals surface area contributed by atoms with Gasteiger partial charge in [-0.2, -0.15) is 5.10 Å². The molecule has 0 radical (unpaired) electrons. The largest absolute Gasteiger partial charge is 0.497 e. The standard InChI is InChI=1S/C24H26N4O4/c1-3-12-28-23(30)20-7-5-4-6-19(20)21(25-28)24(31)27-15-13-26(14-16-27)22(29)17-8-10-18(32-2)11-9-17/h4-11H,3,12-16H2,1-2H3. The summed E-state index contributed by atoms with van der Waals surface area (Å²) in [5.41, 5.74) is 0.683. The highest BCUT2D eigenvalue weighted by molar-refractivity contribution is 6.05. The number of rotatable bonds is 5. The molecule has 32 heavy (non-hydrogen) atoms. The minimum Gasteiger partial charge on any atom is -0.497 e. The maximum Gasteiger partial charge on any atom is 0.275 e. The third-order valence-corrected chi connectivity index (χ3v) is 5.70. The topological polar surface area (TPSA) is 84.7 Å². The van der Waals surface area contributed by atoms with Crippen LogP contribution in [0.15, 0.2) is 53.3 Å². The normalized spacial score (nSPS) is 13.9. The Bertz CT molecular complexity index is 1190. The van der Waals surface area contributed by atoms with Crippen LogP contribution in [0.5, 0.6) is 5.75 Å². The van der Waals surface area contributed by atoms with Crippen molar-refractivity contribution in [1.82, 2.24) is 19.6 Å². The number of piperazine rings is 1. The van der Waals surface area contributed by atoms with Crippen LogP contribution in [0.3, 0.4) is 0 Å². The van der Waals surface area contributed by atoms with Gasteiger partial charge in [0, 0.05) is 43.7 Å². The van der Waals surface area contributed by atoms with E-state index in [1.54, 1.807) is 65.4 Å². The van der Waals surface area contributed by atoms with E-state index in [-0.39, 0.29) is 23.1 Å². The molecule has 1 fully saturated rings. The average molecular weight is 434 g/mol. The van der Waals surface area contributed by atoms with E-state index in [0.29, 0.717) is 54.8 Å². The maximum atomic E-state index is 13.3. The summed E-state index contributed by atoms with van der Waals surface area (Å²) in [5.74, 6) is 0.406. The Morgan fingerprint density at radius 2 is 1.50 bits per heavy atom. The number of aromatic nitrogens is 2. The van der Waals surface area contributed by atoms with E-state index in [0.717, 1.165) is 6.42 Å². The van der Waals surface area contributed by atoms with Crippen LogP contribution in [0.25, 0.3) is 10.8 Å². The van der Waals surface area contributed by atoms with Crippen molar-refractivity contribution in [3.8, 4) is 5.75 Å². The highest BCUT2D eigenvalue weighted by Gasteiger charge is 2.28. The first-order valence-electron chi connectivity index (χ1n) is 10.8. The predicted molar refractivity (Wildman–Crippen MR) is 121 cm³/mol. The van der Waals surface area contributed by atoms with Gasteiger partial charge in [0.15, 0.2) is 5.69 Å². The summed E-state index contributed by atoms with van der Waals surface area (Å²) in [6, 6.07) is 14.1. The van der Waals surface area contributed by atoms with Crippen LogP contribution in [0.4, 0.5) is 0 Å². The van der Waals surface area contributed by atoms with E-state index < -0.39 is 0 Å². The zero-order valence-corrected chi connectivity index (χ0v) is 18.3. The van der Waals surface area contributed by atoms with E-state index in [4.69, 9.17) is 4.74 Å². The molecule has 8 heteroatoms. The molecule has 2 aromatic carbocycles. The van der Waals surface area contributed by atoms with Crippen molar-refractivity contribution < 1.29 is 14.3 Å². The molecule has 166 valence electrons. The van der Waals surface area contributed by atoms with Crippen molar-refractivity contribution in [2.45, 2.75) is 19.9 Å². The van der Waals surface area contributed by atoms with Gasteiger partial charge in [-0.3, -0.25) is 14.4 Å². The zero-order chi connectivity index (χ0) is 22.7. The molecule has 3 aromatic rings. The summed E-state index contributed by atoms with van der Waals surface area (Å²) in [6.45, 7) is 4.09. The van der Waals surface area contributed by atoms with Crippen LogP contribution < -0.4 is 10.3 Å². The summed E-state index contributed by atoms with van der Waals surface area (Å²) in [6.07, 6.45) is 0.741. The lowest BCUT2D eigenvalue weighted by Crippen LogP contribution is -2.51. The third kappa shape index (κ3) is 4.08. The van der Waals surface area contributed by atoms with Crippen LogP contribution in [0.1, 0.15) is 34.2 Å². The van der Waals surface area contributed by atoms with E-state index >= 15 is 0 Å². The molecule has 1 aliphatic heterocycles. The number of benzene rings is 2. The monoisotopic (exact) mass is 434 g/mol. The van der Waals surface area contributed by atoms with Gasteiger partial charge in [0.1, 0.15) is 5.75 Å². The minimum atomic E-state index is -0.220. The molecule has 0 N–H and O–H groups in total. The number of fused-ring (bicyclic) bond motifs is 1. The van der Waals surface area contributed by atoms with Gasteiger partial charge in [-0.15, -0.1) is 0 Å². The molecule has 0 aliphatic carbocycles. The number of amides is 2. The van der Waals surface area contributed by atoms with Gasteiger partial charge < -0.3 is 14.5 Å². The smallest absolute Gasteiger partial charge is 0.275 e. The van der Waals surface area contributed by atoms with Crippen molar-refractivity contribution >= 4 is 22.6 Å². The Labute approximate surface area is 186 Å².